The number of methoxy groups -OCH3 is 2. The van der Waals surface area contributed by atoms with E-state index in [4.69, 9.17) is 9.47 Å². The molecule has 0 aliphatic carbocycles. The molecule has 0 atom stereocenters. The van der Waals surface area contributed by atoms with E-state index in [2.05, 4.69) is 65.6 Å². The van der Waals surface area contributed by atoms with Crippen molar-refractivity contribution in [3.05, 3.63) is 59.9 Å². The third-order valence-electron chi connectivity index (χ3n) is 4.53. The molecular formula is C23H28N4O2. The van der Waals surface area contributed by atoms with Gasteiger partial charge in [-0.25, -0.2) is 9.97 Å². The summed E-state index contributed by atoms with van der Waals surface area (Å²) in [6.45, 7) is 8.47. The number of anilines is 4. The molecule has 0 saturated carbocycles. The second-order valence-electron chi connectivity index (χ2n) is 7.83. The summed E-state index contributed by atoms with van der Waals surface area (Å²) in [7, 11) is 3.26. The topological polar surface area (TPSA) is 68.3 Å². The summed E-state index contributed by atoms with van der Waals surface area (Å²) >= 11 is 0. The van der Waals surface area contributed by atoms with Gasteiger partial charge in [0.2, 0.25) is 0 Å². The molecule has 3 aromatic rings. The van der Waals surface area contributed by atoms with Crippen LogP contribution < -0.4 is 20.1 Å². The van der Waals surface area contributed by atoms with Gasteiger partial charge in [-0.05, 0) is 42.2 Å². The van der Waals surface area contributed by atoms with E-state index in [9.17, 15) is 0 Å². The van der Waals surface area contributed by atoms with Crippen molar-refractivity contribution in [2.24, 2.45) is 0 Å². The van der Waals surface area contributed by atoms with Crippen molar-refractivity contribution in [3.63, 3.8) is 0 Å². The summed E-state index contributed by atoms with van der Waals surface area (Å²) in [5, 5.41) is 6.65. The summed E-state index contributed by atoms with van der Waals surface area (Å²) in [4.78, 5) is 8.99. The number of aromatic nitrogens is 2. The smallest absolute Gasteiger partial charge is 0.142 e. The van der Waals surface area contributed by atoms with Crippen molar-refractivity contribution in [1.82, 2.24) is 9.97 Å². The zero-order valence-electron chi connectivity index (χ0n) is 17.8. The van der Waals surface area contributed by atoms with E-state index < -0.39 is 0 Å². The fraction of sp³-hybridized carbons (Fsp3) is 0.304. The predicted octanol–water partition coefficient (Wildman–Crippen LogP) is 5.59. The van der Waals surface area contributed by atoms with E-state index in [0.717, 1.165) is 17.1 Å². The highest BCUT2D eigenvalue weighted by atomic mass is 16.5. The van der Waals surface area contributed by atoms with Crippen LogP contribution in [0.2, 0.25) is 0 Å². The Hall–Kier alpha value is -3.28. The van der Waals surface area contributed by atoms with Crippen LogP contribution in [0.1, 0.15) is 32.2 Å². The molecule has 3 rings (SSSR count). The van der Waals surface area contributed by atoms with E-state index in [1.807, 2.05) is 31.2 Å². The van der Waals surface area contributed by atoms with Gasteiger partial charge < -0.3 is 20.1 Å². The minimum atomic E-state index is 0.122. The van der Waals surface area contributed by atoms with E-state index >= 15 is 0 Å². The van der Waals surface area contributed by atoms with Crippen molar-refractivity contribution in [2.75, 3.05) is 24.9 Å². The Morgan fingerprint density at radius 1 is 0.793 bits per heavy atom. The zero-order valence-corrected chi connectivity index (χ0v) is 17.8. The van der Waals surface area contributed by atoms with Gasteiger partial charge in [0.1, 0.15) is 29.0 Å². The number of nitrogens with zero attached hydrogens (tertiary/aromatic N) is 2. The molecule has 0 unspecified atom stereocenters. The number of nitrogens with one attached hydrogen (secondary N) is 2. The molecule has 0 aliphatic heterocycles. The van der Waals surface area contributed by atoms with Crippen molar-refractivity contribution < 1.29 is 9.47 Å². The Kier molecular flexibility index (Phi) is 5.92. The molecule has 6 nitrogen and oxygen atoms in total. The van der Waals surface area contributed by atoms with E-state index in [1.54, 1.807) is 14.2 Å². The van der Waals surface area contributed by atoms with Gasteiger partial charge in [0.25, 0.3) is 0 Å². The molecule has 0 fully saturated rings. The molecule has 1 aromatic heterocycles. The SMILES string of the molecule is COc1ccc(OC)c(Nc2cc(Nc3ccc(C(C)(C)C)cc3)nc(C)n2)c1. The molecule has 0 radical (unpaired) electrons. The maximum absolute atomic E-state index is 5.43. The Balaban J connectivity index is 1.83. The molecule has 6 heteroatoms. The van der Waals surface area contributed by atoms with Gasteiger partial charge >= 0.3 is 0 Å². The fourth-order valence-corrected chi connectivity index (χ4v) is 2.95. The molecule has 0 saturated heterocycles. The van der Waals surface area contributed by atoms with Crippen LogP contribution in [0.5, 0.6) is 11.5 Å². The van der Waals surface area contributed by atoms with Gasteiger partial charge in [-0.2, -0.15) is 0 Å². The molecular weight excluding hydrogens is 364 g/mol. The maximum atomic E-state index is 5.43. The number of benzene rings is 2. The molecule has 0 amide bonds. The van der Waals surface area contributed by atoms with Gasteiger partial charge in [0, 0.05) is 17.8 Å². The number of hydrogen-bond donors (Lipinski definition) is 2. The van der Waals surface area contributed by atoms with E-state index in [0.29, 0.717) is 23.2 Å². The van der Waals surface area contributed by atoms with Crippen LogP contribution in [0.4, 0.5) is 23.0 Å². The molecule has 0 bridgehead atoms. The minimum Gasteiger partial charge on any atom is -0.497 e. The normalized spacial score (nSPS) is 11.1. The second kappa shape index (κ2) is 8.39. The van der Waals surface area contributed by atoms with Crippen LogP contribution in [0, 0.1) is 6.92 Å². The van der Waals surface area contributed by atoms with Gasteiger partial charge in [0.15, 0.2) is 0 Å². The lowest BCUT2D eigenvalue weighted by molar-refractivity contribution is 0.405. The van der Waals surface area contributed by atoms with Crippen LogP contribution in [0.25, 0.3) is 0 Å². The number of ether oxygens (including phenoxy) is 2. The van der Waals surface area contributed by atoms with Crippen LogP contribution in [-0.4, -0.2) is 24.2 Å². The van der Waals surface area contributed by atoms with Gasteiger partial charge in [-0.1, -0.05) is 32.9 Å². The maximum Gasteiger partial charge on any atom is 0.142 e. The molecule has 1 heterocycles. The van der Waals surface area contributed by atoms with E-state index in [1.165, 1.54) is 5.56 Å². The average Bonchev–Trinajstić information content (AvgIpc) is 2.67. The zero-order chi connectivity index (χ0) is 21.0. The predicted molar refractivity (Wildman–Crippen MR) is 118 cm³/mol. The largest absolute Gasteiger partial charge is 0.497 e. The van der Waals surface area contributed by atoms with Gasteiger partial charge in [0.05, 0.1) is 19.9 Å². The van der Waals surface area contributed by atoms with Crippen molar-refractivity contribution in [2.45, 2.75) is 33.1 Å². The highest BCUT2D eigenvalue weighted by Crippen LogP contribution is 2.32. The minimum absolute atomic E-state index is 0.122. The van der Waals surface area contributed by atoms with Crippen LogP contribution in [-0.2, 0) is 5.41 Å². The summed E-state index contributed by atoms with van der Waals surface area (Å²) in [5.74, 6) is 3.47. The third-order valence-corrected chi connectivity index (χ3v) is 4.53. The quantitative estimate of drug-likeness (QED) is 0.570. The van der Waals surface area contributed by atoms with Gasteiger partial charge in [-0.15, -0.1) is 0 Å². The summed E-state index contributed by atoms with van der Waals surface area (Å²) in [6.07, 6.45) is 0. The highest BCUT2D eigenvalue weighted by molar-refractivity contribution is 5.68. The van der Waals surface area contributed by atoms with E-state index in [-0.39, 0.29) is 5.41 Å². The molecule has 152 valence electrons. The Morgan fingerprint density at radius 2 is 1.45 bits per heavy atom. The second-order valence-corrected chi connectivity index (χ2v) is 7.83. The van der Waals surface area contributed by atoms with Crippen molar-refractivity contribution >= 4 is 23.0 Å². The first-order chi connectivity index (χ1) is 13.8. The highest BCUT2D eigenvalue weighted by Gasteiger charge is 2.13. The molecule has 0 spiro atoms. The van der Waals surface area contributed by atoms with Crippen molar-refractivity contribution in [1.29, 1.82) is 0 Å². The number of aryl methyl sites for hydroxylation is 1. The number of rotatable bonds is 6. The van der Waals surface area contributed by atoms with Crippen LogP contribution >= 0.6 is 0 Å². The van der Waals surface area contributed by atoms with Crippen molar-refractivity contribution in [3.8, 4) is 11.5 Å². The first kappa shape index (κ1) is 20.5. The monoisotopic (exact) mass is 392 g/mol. The first-order valence-corrected chi connectivity index (χ1v) is 9.51. The standard InChI is InChI=1S/C23H28N4O2/c1-15-24-21(26-17-9-7-16(8-10-17)23(2,3)4)14-22(25-15)27-19-13-18(28-5)11-12-20(19)29-6/h7-14H,1-6H3,(H2,24,25,26,27). The van der Waals surface area contributed by atoms with Crippen LogP contribution in [0.3, 0.4) is 0 Å². The summed E-state index contributed by atoms with van der Waals surface area (Å²) in [6, 6.07) is 15.8. The Labute approximate surface area is 172 Å². The number of hydrogen-bond acceptors (Lipinski definition) is 6. The molecule has 2 N–H and O–H groups in total. The molecule has 29 heavy (non-hydrogen) atoms. The molecule has 0 aliphatic rings. The third kappa shape index (κ3) is 5.16. The first-order valence-electron chi connectivity index (χ1n) is 9.51. The van der Waals surface area contributed by atoms with Gasteiger partial charge in [-0.3, -0.25) is 0 Å². The van der Waals surface area contributed by atoms with Crippen LogP contribution in [0.15, 0.2) is 48.5 Å². The average molecular weight is 393 g/mol. The summed E-state index contributed by atoms with van der Waals surface area (Å²) in [5.41, 5.74) is 3.15. The fourth-order valence-electron chi connectivity index (χ4n) is 2.95. The lowest BCUT2D eigenvalue weighted by Crippen LogP contribution is -2.10. The lowest BCUT2D eigenvalue weighted by Gasteiger charge is -2.19. The molecule has 2 aromatic carbocycles. The Bertz CT molecular complexity index is 979. The summed E-state index contributed by atoms with van der Waals surface area (Å²) < 4.78 is 10.7. The Morgan fingerprint density at radius 3 is 2.03 bits per heavy atom. The lowest BCUT2D eigenvalue weighted by atomic mass is 9.87.